The van der Waals surface area contributed by atoms with E-state index >= 15 is 0 Å². The Morgan fingerprint density at radius 3 is 2.71 bits per heavy atom. The Balaban J connectivity index is 2.23. The molecule has 0 saturated heterocycles. The SMILES string of the molecule is CNCc1ccc(S(=O)(=O)NCCCCOCCOC)o1. The molecule has 0 saturated carbocycles. The van der Waals surface area contributed by atoms with Gasteiger partial charge in [-0.2, -0.15) is 0 Å². The number of furan rings is 1. The van der Waals surface area contributed by atoms with Crippen LogP contribution in [0.4, 0.5) is 0 Å². The van der Waals surface area contributed by atoms with Crippen LogP contribution < -0.4 is 10.0 Å². The molecule has 1 aromatic rings. The molecule has 7 nitrogen and oxygen atoms in total. The van der Waals surface area contributed by atoms with Crippen molar-refractivity contribution in [2.24, 2.45) is 0 Å². The fraction of sp³-hybridized carbons (Fsp3) is 0.692. The first-order chi connectivity index (χ1) is 10.1. The molecule has 1 rings (SSSR count). The van der Waals surface area contributed by atoms with Gasteiger partial charge in [0, 0.05) is 20.3 Å². The second kappa shape index (κ2) is 9.91. The van der Waals surface area contributed by atoms with Gasteiger partial charge in [-0.3, -0.25) is 0 Å². The van der Waals surface area contributed by atoms with Crippen LogP contribution in [-0.4, -0.2) is 48.9 Å². The largest absolute Gasteiger partial charge is 0.447 e. The summed E-state index contributed by atoms with van der Waals surface area (Å²) in [4.78, 5) is 0. The van der Waals surface area contributed by atoms with Crippen LogP contribution >= 0.6 is 0 Å². The summed E-state index contributed by atoms with van der Waals surface area (Å²) in [5.41, 5.74) is 0. The van der Waals surface area contributed by atoms with Crippen molar-refractivity contribution in [2.45, 2.75) is 24.5 Å². The first-order valence-electron chi connectivity index (χ1n) is 6.90. The number of rotatable bonds is 12. The molecular weight excluding hydrogens is 296 g/mol. The molecule has 0 radical (unpaired) electrons. The summed E-state index contributed by atoms with van der Waals surface area (Å²) in [5, 5.41) is 2.85. The van der Waals surface area contributed by atoms with Crippen LogP contribution in [-0.2, 0) is 26.0 Å². The average Bonchev–Trinajstić information content (AvgIpc) is 2.92. The lowest BCUT2D eigenvalue weighted by atomic mass is 10.3. The van der Waals surface area contributed by atoms with Crippen molar-refractivity contribution in [1.82, 2.24) is 10.0 Å². The zero-order valence-corrected chi connectivity index (χ0v) is 13.4. The molecule has 0 aliphatic carbocycles. The van der Waals surface area contributed by atoms with Crippen molar-refractivity contribution in [3.8, 4) is 0 Å². The van der Waals surface area contributed by atoms with E-state index in [-0.39, 0.29) is 5.09 Å². The third kappa shape index (κ3) is 7.05. The van der Waals surface area contributed by atoms with E-state index in [2.05, 4.69) is 10.0 Å². The first kappa shape index (κ1) is 18.1. The summed E-state index contributed by atoms with van der Waals surface area (Å²) in [7, 11) is -0.177. The van der Waals surface area contributed by atoms with Crippen LogP contribution in [0.15, 0.2) is 21.6 Å². The average molecular weight is 320 g/mol. The molecule has 2 N–H and O–H groups in total. The Hall–Kier alpha value is -0.930. The zero-order chi connectivity index (χ0) is 15.6. The molecule has 1 heterocycles. The molecule has 0 unspecified atom stereocenters. The second-order valence-corrected chi connectivity index (χ2v) is 6.16. The third-order valence-corrected chi connectivity index (χ3v) is 4.03. The Morgan fingerprint density at radius 1 is 1.19 bits per heavy atom. The van der Waals surface area contributed by atoms with Gasteiger partial charge < -0.3 is 19.2 Å². The van der Waals surface area contributed by atoms with Gasteiger partial charge in [-0.15, -0.1) is 0 Å². The van der Waals surface area contributed by atoms with E-state index in [1.165, 1.54) is 6.07 Å². The monoisotopic (exact) mass is 320 g/mol. The number of methoxy groups -OCH3 is 1. The van der Waals surface area contributed by atoms with Crippen molar-refractivity contribution in [3.63, 3.8) is 0 Å². The third-order valence-electron chi connectivity index (χ3n) is 2.69. The van der Waals surface area contributed by atoms with Crippen LogP contribution in [0.5, 0.6) is 0 Å². The van der Waals surface area contributed by atoms with Crippen molar-refractivity contribution in [3.05, 3.63) is 17.9 Å². The van der Waals surface area contributed by atoms with Crippen molar-refractivity contribution in [1.29, 1.82) is 0 Å². The predicted molar refractivity (Wildman–Crippen MR) is 78.6 cm³/mol. The second-order valence-electron chi connectivity index (χ2n) is 4.46. The molecule has 0 atom stereocenters. The lowest BCUT2D eigenvalue weighted by molar-refractivity contribution is 0.0689. The molecular formula is C13H24N2O5S. The molecule has 0 amide bonds. The smallest absolute Gasteiger partial charge is 0.273 e. The summed E-state index contributed by atoms with van der Waals surface area (Å²) >= 11 is 0. The maximum absolute atomic E-state index is 12.0. The molecule has 0 aliphatic heterocycles. The number of unbranched alkanes of at least 4 members (excludes halogenated alkanes) is 1. The van der Waals surface area contributed by atoms with E-state index < -0.39 is 10.0 Å². The molecule has 1 aromatic heterocycles. The highest BCUT2D eigenvalue weighted by Gasteiger charge is 2.17. The predicted octanol–water partition coefficient (Wildman–Crippen LogP) is 0.721. The number of hydrogen-bond donors (Lipinski definition) is 2. The van der Waals surface area contributed by atoms with E-state index in [4.69, 9.17) is 13.9 Å². The standard InChI is InChI=1S/C13H24N2O5S/c1-14-11-12-5-6-13(20-12)21(16,17)15-7-3-4-8-19-10-9-18-2/h5-6,14-15H,3-4,7-11H2,1-2H3. The summed E-state index contributed by atoms with van der Waals surface area (Å²) in [6, 6.07) is 3.11. The van der Waals surface area contributed by atoms with Crippen LogP contribution in [0.1, 0.15) is 18.6 Å². The van der Waals surface area contributed by atoms with Crippen LogP contribution in [0.2, 0.25) is 0 Å². The van der Waals surface area contributed by atoms with Gasteiger partial charge in [-0.05, 0) is 32.0 Å². The Kier molecular flexibility index (Phi) is 8.55. The highest BCUT2D eigenvalue weighted by atomic mass is 32.2. The van der Waals surface area contributed by atoms with Gasteiger partial charge in [-0.1, -0.05) is 0 Å². The zero-order valence-electron chi connectivity index (χ0n) is 12.6. The number of ether oxygens (including phenoxy) is 2. The molecule has 0 aromatic carbocycles. The van der Waals surface area contributed by atoms with Gasteiger partial charge in [0.25, 0.3) is 10.0 Å². The molecule has 8 heteroatoms. The molecule has 0 aliphatic rings. The fourth-order valence-electron chi connectivity index (χ4n) is 1.62. The summed E-state index contributed by atoms with van der Waals surface area (Å²) in [6.45, 7) is 2.58. The van der Waals surface area contributed by atoms with Gasteiger partial charge in [0.1, 0.15) is 5.76 Å². The topological polar surface area (TPSA) is 89.8 Å². The minimum absolute atomic E-state index is 0.0518. The number of nitrogens with one attached hydrogen (secondary N) is 2. The lowest BCUT2D eigenvalue weighted by Crippen LogP contribution is -2.24. The van der Waals surface area contributed by atoms with E-state index in [1.807, 2.05) is 0 Å². The number of hydrogen-bond acceptors (Lipinski definition) is 6. The van der Waals surface area contributed by atoms with Crippen molar-refractivity contribution >= 4 is 10.0 Å². The van der Waals surface area contributed by atoms with E-state index in [0.29, 0.717) is 45.1 Å². The lowest BCUT2D eigenvalue weighted by Gasteiger charge is -2.05. The van der Waals surface area contributed by atoms with Gasteiger partial charge in [0.05, 0.1) is 19.8 Å². The van der Waals surface area contributed by atoms with Gasteiger partial charge in [-0.25, -0.2) is 13.1 Å². The van der Waals surface area contributed by atoms with Crippen molar-refractivity contribution in [2.75, 3.05) is 40.5 Å². The molecule has 21 heavy (non-hydrogen) atoms. The minimum atomic E-state index is -3.56. The first-order valence-corrected chi connectivity index (χ1v) is 8.38. The van der Waals surface area contributed by atoms with E-state index in [0.717, 1.165) is 6.42 Å². The highest BCUT2D eigenvalue weighted by Crippen LogP contribution is 2.13. The fourth-order valence-corrected chi connectivity index (χ4v) is 2.64. The van der Waals surface area contributed by atoms with Crippen LogP contribution in [0.3, 0.4) is 0 Å². The quantitative estimate of drug-likeness (QED) is 0.552. The maximum atomic E-state index is 12.0. The molecule has 0 bridgehead atoms. The van der Waals surface area contributed by atoms with Crippen molar-refractivity contribution < 1.29 is 22.3 Å². The van der Waals surface area contributed by atoms with Gasteiger partial charge in [0.2, 0.25) is 5.09 Å². The van der Waals surface area contributed by atoms with Crippen LogP contribution in [0.25, 0.3) is 0 Å². The Labute approximate surface area is 126 Å². The molecule has 0 fully saturated rings. The van der Waals surface area contributed by atoms with Gasteiger partial charge in [0.15, 0.2) is 0 Å². The summed E-state index contributed by atoms with van der Waals surface area (Å²) in [6.07, 6.45) is 1.49. The summed E-state index contributed by atoms with van der Waals surface area (Å²) in [5.74, 6) is 0.587. The Morgan fingerprint density at radius 2 is 2.00 bits per heavy atom. The molecule has 122 valence electrons. The highest BCUT2D eigenvalue weighted by molar-refractivity contribution is 7.89. The summed E-state index contributed by atoms with van der Waals surface area (Å²) < 4.78 is 41.8. The van der Waals surface area contributed by atoms with E-state index in [1.54, 1.807) is 20.2 Å². The molecule has 0 spiro atoms. The maximum Gasteiger partial charge on any atom is 0.273 e. The van der Waals surface area contributed by atoms with E-state index in [9.17, 15) is 8.42 Å². The number of sulfonamides is 1. The minimum Gasteiger partial charge on any atom is -0.447 e. The Bertz CT molecular complexity index is 487. The normalized spacial score (nSPS) is 11.9. The van der Waals surface area contributed by atoms with Gasteiger partial charge >= 0.3 is 0 Å². The van der Waals surface area contributed by atoms with Crippen LogP contribution in [0, 0.1) is 0 Å².